The van der Waals surface area contributed by atoms with E-state index in [4.69, 9.17) is 10.7 Å². The van der Waals surface area contributed by atoms with Crippen LogP contribution in [0.1, 0.15) is 66.7 Å². The van der Waals surface area contributed by atoms with Crippen LogP contribution in [0, 0.1) is 5.82 Å². The van der Waals surface area contributed by atoms with Crippen molar-refractivity contribution in [3.8, 4) is 11.3 Å². The van der Waals surface area contributed by atoms with Crippen LogP contribution < -0.4 is 11.1 Å². The number of amides is 1. The number of anilines is 2. The number of nitrogens with one attached hydrogen (secondary N) is 1. The van der Waals surface area contributed by atoms with E-state index in [1.807, 2.05) is 10.5 Å². The quantitative estimate of drug-likeness (QED) is 0.361. The van der Waals surface area contributed by atoms with Crippen molar-refractivity contribution in [3.05, 3.63) is 71.7 Å². The molecule has 0 atom stereocenters. The van der Waals surface area contributed by atoms with Crippen molar-refractivity contribution in [3.63, 3.8) is 0 Å². The number of nitrogen functional groups attached to an aromatic ring is 1. The van der Waals surface area contributed by atoms with Gasteiger partial charge in [0.05, 0.1) is 11.7 Å². The molecule has 0 unspecified atom stereocenters. The van der Waals surface area contributed by atoms with Crippen LogP contribution in [-0.2, 0) is 6.42 Å². The molecule has 3 aromatic heterocycles. The van der Waals surface area contributed by atoms with Crippen molar-refractivity contribution >= 4 is 23.1 Å². The van der Waals surface area contributed by atoms with Gasteiger partial charge in [-0.2, -0.15) is 0 Å². The number of hydrogen-bond acceptors (Lipinski definition) is 6. The maximum atomic E-state index is 15.2. The summed E-state index contributed by atoms with van der Waals surface area (Å²) in [6, 6.07) is 8.12. The second-order valence-corrected chi connectivity index (χ2v) is 9.30. The molecule has 5 rings (SSSR count). The van der Waals surface area contributed by atoms with Crippen LogP contribution in [0.2, 0.25) is 0 Å². The molecule has 8 nitrogen and oxygen atoms in total. The molecule has 4 aromatic rings. The summed E-state index contributed by atoms with van der Waals surface area (Å²) in [6.45, 7) is 2.07. The van der Waals surface area contributed by atoms with E-state index < -0.39 is 11.7 Å². The number of carbonyl (C=O) groups excluding carboxylic acids is 1. The first-order chi connectivity index (χ1) is 17.4. The highest BCUT2D eigenvalue weighted by molar-refractivity contribution is 6.04. The van der Waals surface area contributed by atoms with E-state index in [0.717, 1.165) is 37.1 Å². The number of hydrogen-bond donors (Lipinski definition) is 3. The summed E-state index contributed by atoms with van der Waals surface area (Å²) in [5.41, 5.74) is 8.81. The van der Waals surface area contributed by atoms with Gasteiger partial charge in [0, 0.05) is 30.1 Å². The number of aliphatic hydroxyl groups excluding tert-OH is 1. The number of benzene rings is 1. The van der Waals surface area contributed by atoms with Gasteiger partial charge in [-0.25, -0.2) is 19.3 Å². The summed E-state index contributed by atoms with van der Waals surface area (Å²) in [4.78, 5) is 26.0. The van der Waals surface area contributed by atoms with Gasteiger partial charge >= 0.3 is 0 Å². The molecule has 0 spiro atoms. The number of fused-ring (bicyclic) bond motifs is 1. The molecule has 186 valence electrons. The van der Waals surface area contributed by atoms with E-state index in [2.05, 4.69) is 22.2 Å². The van der Waals surface area contributed by atoms with Gasteiger partial charge in [-0.15, -0.1) is 0 Å². The van der Waals surface area contributed by atoms with E-state index in [-0.39, 0.29) is 17.6 Å². The Balaban J connectivity index is 1.46. The summed E-state index contributed by atoms with van der Waals surface area (Å²) < 4.78 is 17.1. The molecule has 1 saturated carbocycles. The number of aryl methyl sites for hydroxylation is 1. The van der Waals surface area contributed by atoms with Crippen molar-refractivity contribution in [1.29, 1.82) is 0 Å². The highest BCUT2D eigenvalue weighted by atomic mass is 19.1. The first-order valence-corrected chi connectivity index (χ1v) is 12.3. The molecule has 0 bridgehead atoms. The van der Waals surface area contributed by atoms with Gasteiger partial charge in [0.2, 0.25) is 0 Å². The zero-order valence-electron chi connectivity index (χ0n) is 20.1. The lowest BCUT2D eigenvalue weighted by atomic mass is 9.87. The Hall–Kier alpha value is -3.85. The molecule has 9 heteroatoms. The molecule has 1 aliphatic carbocycles. The molecule has 0 radical (unpaired) electrons. The van der Waals surface area contributed by atoms with Gasteiger partial charge in [0.25, 0.3) is 5.91 Å². The van der Waals surface area contributed by atoms with Crippen LogP contribution in [0.5, 0.6) is 0 Å². The Kier molecular flexibility index (Phi) is 6.65. The highest BCUT2D eigenvalue weighted by Gasteiger charge is 2.27. The third-order valence-corrected chi connectivity index (χ3v) is 6.76. The predicted octanol–water partition coefficient (Wildman–Crippen LogP) is 4.74. The topological polar surface area (TPSA) is 118 Å². The SMILES string of the molecule is CCCc1ccnc(NC(=O)c2ccc(-c3nc(C4CCC(O)CC4)n4ccnc(N)c34)cc2F)c1. The zero-order chi connectivity index (χ0) is 25.2. The summed E-state index contributed by atoms with van der Waals surface area (Å²) in [7, 11) is 0. The van der Waals surface area contributed by atoms with Crippen LogP contribution in [0.15, 0.2) is 48.9 Å². The molecule has 0 saturated heterocycles. The highest BCUT2D eigenvalue weighted by Crippen LogP contribution is 2.37. The molecular weight excluding hydrogens is 459 g/mol. The second kappa shape index (κ2) is 10.0. The van der Waals surface area contributed by atoms with E-state index >= 15 is 4.39 Å². The molecule has 1 amide bonds. The van der Waals surface area contributed by atoms with Gasteiger partial charge in [-0.3, -0.25) is 9.20 Å². The van der Waals surface area contributed by atoms with Gasteiger partial charge in [0.15, 0.2) is 0 Å². The minimum atomic E-state index is -0.666. The normalized spacial score (nSPS) is 17.9. The number of imidazole rings is 1. The first kappa shape index (κ1) is 23.9. The Morgan fingerprint density at radius 2 is 1.97 bits per heavy atom. The third-order valence-electron chi connectivity index (χ3n) is 6.76. The minimum absolute atomic E-state index is 0.0856. The Morgan fingerprint density at radius 3 is 2.72 bits per heavy atom. The lowest BCUT2D eigenvalue weighted by molar-refractivity contribution is 0.102. The van der Waals surface area contributed by atoms with E-state index in [1.54, 1.807) is 30.7 Å². The number of carbonyl (C=O) groups is 1. The first-order valence-electron chi connectivity index (χ1n) is 12.3. The number of nitrogens with two attached hydrogens (primary N) is 1. The Morgan fingerprint density at radius 1 is 1.17 bits per heavy atom. The predicted molar refractivity (Wildman–Crippen MR) is 136 cm³/mol. The van der Waals surface area contributed by atoms with E-state index in [1.165, 1.54) is 12.1 Å². The van der Waals surface area contributed by atoms with E-state index in [9.17, 15) is 9.90 Å². The van der Waals surface area contributed by atoms with Gasteiger partial charge in [-0.1, -0.05) is 19.4 Å². The summed E-state index contributed by atoms with van der Waals surface area (Å²) >= 11 is 0. The number of nitrogens with zero attached hydrogens (tertiary/aromatic N) is 4. The molecule has 1 aromatic carbocycles. The smallest absolute Gasteiger partial charge is 0.259 e. The molecule has 4 N–H and O–H groups in total. The van der Waals surface area contributed by atoms with Gasteiger partial charge in [-0.05, 0) is 61.9 Å². The molecule has 1 fully saturated rings. The number of pyridine rings is 1. The Bertz CT molecular complexity index is 1410. The van der Waals surface area contributed by atoms with Crippen LogP contribution in [0.25, 0.3) is 16.8 Å². The fourth-order valence-corrected chi connectivity index (χ4v) is 4.93. The maximum absolute atomic E-state index is 15.2. The largest absolute Gasteiger partial charge is 0.393 e. The molecule has 36 heavy (non-hydrogen) atoms. The minimum Gasteiger partial charge on any atom is -0.393 e. The lowest BCUT2D eigenvalue weighted by Gasteiger charge is -2.24. The second-order valence-electron chi connectivity index (χ2n) is 9.30. The summed E-state index contributed by atoms with van der Waals surface area (Å²) in [6.07, 6.45) is 9.66. The third kappa shape index (κ3) is 4.66. The van der Waals surface area contributed by atoms with Crippen LogP contribution in [-0.4, -0.2) is 36.5 Å². The number of rotatable bonds is 6. The van der Waals surface area contributed by atoms with E-state index in [0.29, 0.717) is 41.3 Å². The Labute approximate surface area is 208 Å². The fourth-order valence-electron chi connectivity index (χ4n) is 4.93. The molecular formula is C27H29FN6O2. The van der Waals surface area contributed by atoms with Crippen molar-refractivity contribution in [2.45, 2.75) is 57.5 Å². The van der Waals surface area contributed by atoms with Gasteiger partial charge in [0.1, 0.15) is 34.5 Å². The number of halogens is 1. The lowest BCUT2D eigenvalue weighted by Crippen LogP contribution is -2.18. The standard InChI is InChI=1S/C27H29FN6O2/c1-2-3-16-10-11-30-22(14-16)32-27(36)20-9-6-18(15-21(20)28)23-24-25(29)31-12-13-34(24)26(33-23)17-4-7-19(35)8-5-17/h6,9-15,17,19,35H,2-5,7-8H2,1H3,(H2,29,31)(H,30,32,36). The number of aliphatic hydroxyl groups is 1. The van der Waals surface area contributed by atoms with Crippen LogP contribution >= 0.6 is 0 Å². The van der Waals surface area contributed by atoms with Crippen LogP contribution in [0.4, 0.5) is 16.0 Å². The monoisotopic (exact) mass is 488 g/mol. The molecule has 1 aliphatic rings. The molecule has 3 heterocycles. The van der Waals surface area contributed by atoms with Crippen molar-refractivity contribution in [2.24, 2.45) is 0 Å². The average molecular weight is 489 g/mol. The molecule has 0 aliphatic heterocycles. The summed E-state index contributed by atoms with van der Waals surface area (Å²) in [5, 5.41) is 12.6. The van der Waals surface area contributed by atoms with Crippen molar-refractivity contribution in [2.75, 3.05) is 11.1 Å². The van der Waals surface area contributed by atoms with Crippen molar-refractivity contribution in [1.82, 2.24) is 19.4 Å². The zero-order valence-corrected chi connectivity index (χ0v) is 20.1. The summed E-state index contributed by atoms with van der Waals surface area (Å²) in [5.74, 6) is 0.416. The fraction of sp³-hybridized carbons (Fsp3) is 0.333. The van der Waals surface area contributed by atoms with Gasteiger partial charge < -0.3 is 16.2 Å². The maximum Gasteiger partial charge on any atom is 0.259 e. The average Bonchev–Trinajstić information content (AvgIpc) is 3.26. The van der Waals surface area contributed by atoms with Crippen molar-refractivity contribution < 1.29 is 14.3 Å². The number of aromatic nitrogens is 4. The van der Waals surface area contributed by atoms with Crippen LogP contribution in [0.3, 0.4) is 0 Å².